The van der Waals surface area contributed by atoms with E-state index in [2.05, 4.69) is 12.1 Å². The zero-order valence-corrected chi connectivity index (χ0v) is 6.94. The minimum atomic E-state index is 0.174. The minimum Gasteiger partial charge on any atom is -0.371 e. The lowest BCUT2D eigenvalue weighted by Crippen LogP contribution is -2.28. The molecule has 1 saturated heterocycles. The Labute approximate surface area is 72.3 Å². The largest absolute Gasteiger partial charge is 0.371 e. The highest BCUT2D eigenvalue weighted by Gasteiger charge is 2.29. The van der Waals surface area contributed by atoms with E-state index in [-0.39, 0.29) is 6.04 Å². The van der Waals surface area contributed by atoms with Crippen molar-refractivity contribution in [1.29, 1.82) is 0 Å². The molecule has 0 aromatic heterocycles. The minimum absolute atomic E-state index is 0.174. The number of hydrogen-bond acceptors (Lipinski definition) is 2. The summed E-state index contributed by atoms with van der Waals surface area (Å²) >= 11 is 0. The van der Waals surface area contributed by atoms with Gasteiger partial charge >= 0.3 is 0 Å². The highest BCUT2D eigenvalue weighted by atomic mass is 16.6. The molecule has 2 N–H and O–H groups in total. The predicted octanol–water partition coefficient (Wildman–Crippen LogP) is 0.955. The molecule has 1 fully saturated rings. The smallest absolute Gasteiger partial charge is 0.0963 e. The van der Waals surface area contributed by atoms with Crippen LogP contribution >= 0.6 is 0 Å². The highest BCUT2D eigenvalue weighted by molar-refractivity contribution is 5.16. The molecule has 2 atom stereocenters. The lowest BCUT2D eigenvalue weighted by molar-refractivity contribution is 0.371. The van der Waals surface area contributed by atoms with Gasteiger partial charge in [0.25, 0.3) is 0 Å². The Morgan fingerprint density at radius 2 is 2.08 bits per heavy atom. The predicted molar refractivity (Wildman–Crippen MR) is 47.9 cm³/mol. The number of nitrogens with two attached hydrogens (primary N) is 1. The van der Waals surface area contributed by atoms with E-state index in [0.29, 0.717) is 6.10 Å². The number of hydrogen-bond donors (Lipinski definition) is 1. The highest BCUT2D eigenvalue weighted by Crippen LogP contribution is 2.15. The SMILES string of the molecule is N[C@@H](Cc1ccccc1)[C@H]1CO1. The molecule has 1 aliphatic rings. The van der Waals surface area contributed by atoms with Crippen LogP contribution in [0.1, 0.15) is 5.56 Å². The molecular formula is C10H13NO. The maximum Gasteiger partial charge on any atom is 0.0963 e. The Balaban J connectivity index is 1.94. The van der Waals surface area contributed by atoms with Gasteiger partial charge in [-0.2, -0.15) is 0 Å². The summed E-state index contributed by atoms with van der Waals surface area (Å²) in [5.74, 6) is 0. The van der Waals surface area contributed by atoms with Crippen LogP contribution in [0.15, 0.2) is 30.3 Å². The van der Waals surface area contributed by atoms with Crippen molar-refractivity contribution in [3.05, 3.63) is 35.9 Å². The van der Waals surface area contributed by atoms with Crippen molar-refractivity contribution in [3.63, 3.8) is 0 Å². The maximum atomic E-state index is 5.89. The zero-order chi connectivity index (χ0) is 8.39. The van der Waals surface area contributed by atoms with Gasteiger partial charge in [0.05, 0.1) is 12.7 Å². The van der Waals surface area contributed by atoms with Gasteiger partial charge < -0.3 is 10.5 Å². The number of epoxide rings is 1. The average molecular weight is 163 g/mol. The topological polar surface area (TPSA) is 38.5 Å². The van der Waals surface area contributed by atoms with Crippen molar-refractivity contribution < 1.29 is 4.74 Å². The molecule has 0 unspecified atom stereocenters. The van der Waals surface area contributed by atoms with Gasteiger partial charge in [-0.15, -0.1) is 0 Å². The molecule has 0 radical (unpaired) electrons. The lowest BCUT2D eigenvalue weighted by Gasteiger charge is -2.07. The quantitative estimate of drug-likeness (QED) is 0.674. The third kappa shape index (κ3) is 1.84. The van der Waals surface area contributed by atoms with Gasteiger partial charge in [0.2, 0.25) is 0 Å². The van der Waals surface area contributed by atoms with Crippen LogP contribution in [-0.4, -0.2) is 18.8 Å². The van der Waals surface area contributed by atoms with Crippen molar-refractivity contribution >= 4 is 0 Å². The molecule has 1 aromatic rings. The van der Waals surface area contributed by atoms with Gasteiger partial charge in [-0.25, -0.2) is 0 Å². The van der Waals surface area contributed by atoms with Gasteiger partial charge in [0, 0.05) is 6.04 Å². The van der Waals surface area contributed by atoms with Crippen molar-refractivity contribution in [1.82, 2.24) is 0 Å². The molecule has 0 bridgehead atoms. The summed E-state index contributed by atoms with van der Waals surface area (Å²) in [6.07, 6.45) is 1.23. The van der Waals surface area contributed by atoms with E-state index in [0.717, 1.165) is 13.0 Å². The number of rotatable bonds is 3. The standard InChI is InChI=1S/C10H13NO/c11-9(10-7-12-10)6-8-4-2-1-3-5-8/h1-5,9-10H,6-7,11H2/t9-,10+/m0/s1. The summed E-state index contributed by atoms with van der Waals surface area (Å²) in [7, 11) is 0. The molecular weight excluding hydrogens is 150 g/mol. The van der Waals surface area contributed by atoms with E-state index in [1.807, 2.05) is 18.2 Å². The lowest BCUT2D eigenvalue weighted by atomic mass is 10.0. The first kappa shape index (κ1) is 7.77. The first-order valence-electron chi connectivity index (χ1n) is 4.27. The average Bonchev–Trinajstić information content (AvgIpc) is 2.88. The summed E-state index contributed by atoms with van der Waals surface area (Å²) < 4.78 is 5.12. The van der Waals surface area contributed by atoms with Crippen LogP contribution in [0.25, 0.3) is 0 Å². The second kappa shape index (κ2) is 3.25. The third-order valence-electron chi connectivity index (χ3n) is 2.15. The molecule has 1 aromatic carbocycles. The Hall–Kier alpha value is -0.860. The molecule has 0 aliphatic carbocycles. The summed E-state index contributed by atoms with van der Waals surface area (Å²) in [4.78, 5) is 0. The molecule has 2 heteroatoms. The van der Waals surface area contributed by atoms with Crippen molar-refractivity contribution in [3.8, 4) is 0 Å². The zero-order valence-electron chi connectivity index (χ0n) is 6.94. The summed E-state index contributed by atoms with van der Waals surface area (Å²) in [6.45, 7) is 0.841. The molecule has 1 heterocycles. The maximum absolute atomic E-state index is 5.89. The van der Waals surface area contributed by atoms with Crippen molar-refractivity contribution in [2.45, 2.75) is 18.6 Å². The van der Waals surface area contributed by atoms with Crippen LogP contribution in [0.3, 0.4) is 0 Å². The van der Waals surface area contributed by atoms with Crippen molar-refractivity contribution in [2.24, 2.45) is 5.73 Å². The molecule has 2 nitrogen and oxygen atoms in total. The van der Waals surface area contributed by atoms with E-state index in [9.17, 15) is 0 Å². The Morgan fingerprint density at radius 1 is 1.42 bits per heavy atom. The summed E-state index contributed by atoms with van der Waals surface area (Å²) in [5, 5.41) is 0. The Morgan fingerprint density at radius 3 is 2.67 bits per heavy atom. The molecule has 0 saturated carbocycles. The fraction of sp³-hybridized carbons (Fsp3) is 0.400. The Kier molecular flexibility index (Phi) is 2.11. The van der Waals surface area contributed by atoms with Gasteiger partial charge in [0.1, 0.15) is 0 Å². The molecule has 1 aliphatic heterocycles. The number of benzene rings is 1. The number of ether oxygens (including phenoxy) is 1. The second-order valence-corrected chi connectivity index (χ2v) is 3.23. The normalized spacial score (nSPS) is 23.6. The van der Waals surface area contributed by atoms with Gasteiger partial charge in [0.15, 0.2) is 0 Å². The fourth-order valence-electron chi connectivity index (χ4n) is 1.32. The van der Waals surface area contributed by atoms with Crippen LogP contribution in [0.5, 0.6) is 0 Å². The first-order chi connectivity index (χ1) is 5.86. The summed E-state index contributed by atoms with van der Waals surface area (Å²) in [6, 6.07) is 10.5. The third-order valence-corrected chi connectivity index (χ3v) is 2.15. The molecule has 2 rings (SSSR count). The van der Waals surface area contributed by atoms with Crippen LogP contribution in [0.4, 0.5) is 0 Å². The fourth-order valence-corrected chi connectivity index (χ4v) is 1.32. The van der Waals surface area contributed by atoms with Gasteiger partial charge in [-0.3, -0.25) is 0 Å². The van der Waals surface area contributed by atoms with Crippen LogP contribution < -0.4 is 5.73 Å². The van der Waals surface area contributed by atoms with Gasteiger partial charge in [-0.1, -0.05) is 30.3 Å². The van der Waals surface area contributed by atoms with Crippen molar-refractivity contribution in [2.75, 3.05) is 6.61 Å². The van der Waals surface area contributed by atoms with E-state index < -0.39 is 0 Å². The van der Waals surface area contributed by atoms with E-state index in [1.54, 1.807) is 0 Å². The van der Waals surface area contributed by atoms with Gasteiger partial charge in [-0.05, 0) is 12.0 Å². The summed E-state index contributed by atoms with van der Waals surface area (Å²) in [5.41, 5.74) is 7.18. The van der Waals surface area contributed by atoms with Crippen LogP contribution in [0.2, 0.25) is 0 Å². The Bertz CT molecular complexity index is 243. The van der Waals surface area contributed by atoms with E-state index in [1.165, 1.54) is 5.56 Å². The molecule has 0 spiro atoms. The first-order valence-corrected chi connectivity index (χ1v) is 4.27. The molecule has 64 valence electrons. The van der Waals surface area contributed by atoms with Crippen LogP contribution in [-0.2, 0) is 11.2 Å². The second-order valence-electron chi connectivity index (χ2n) is 3.23. The van der Waals surface area contributed by atoms with E-state index >= 15 is 0 Å². The monoisotopic (exact) mass is 163 g/mol. The molecule has 0 amide bonds. The van der Waals surface area contributed by atoms with Crippen LogP contribution in [0, 0.1) is 0 Å². The van der Waals surface area contributed by atoms with E-state index in [4.69, 9.17) is 10.5 Å². The molecule has 12 heavy (non-hydrogen) atoms.